The Labute approximate surface area is 136 Å². The molecule has 0 saturated carbocycles. The molecule has 0 unspecified atom stereocenters. The van der Waals surface area contributed by atoms with E-state index in [2.05, 4.69) is 9.88 Å². The molecular formula is C18H21N3O2. The van der Waals surface area contributed by atoms with E-state index in [1.807, 2.05) is 42.2 Å². The number of anilines is 1. The Balaban J connectivity index is 1.57. The number of aryl methyl sites for hydroxylation is 1. The molecule has 2 heterocycles. The first-order valence-electron chi connectivity index (χ1n) is 7.86. The largest absolute Gasteiger partial charge is 0.508 e. The van der Waals surface area contributed by atoms with E-state index in [0.717, 1.165) is 30.0 Å². The number of hydrogen-bond donors (Lipinski definition) is 1. The van der Waals surface area contributed by atoms with Gasteiger partial charge in [-0.15, -0.1) is 0 Å². The summed E-state index contributed by atoms with van der Waals surface area (Å²) in [4.78, 5) is 20.9. The van der Waals surface area contributed by atoms with Crippen molar-refractivity contribution < 1.29 is 9.90 Å². The van der Waals surface area contributed by atoms with Crippen LogP contribution in [0.5, 0.6) is 5.75 Å². The summed E-state index contributed by atoms with van der Waals surface area (Å²) in [7, 11) is 0. The van der Waals surface area contributed by atoms with Crippen LogP contribution in [0.15, 0.2) is 42.6 Å². The fraction of sp³-hybridized carbons (Fsp3) is 0.333. The highest BCUT2D eigenvalue weighted by atomic mass is 16.3. The number of carbonyl (C=O) groups excluding carboxylic acids is 1. The molecule has 1 aliphatic rings. The van der Waals surface area contributed by atoms with Crippen molar-refractivity contribution in [1.82, 2.24) is 9.88 Å². The van der Waals surface area contributed by atoms with Crippen LogP contribution in [-0.2, 0) is 11.2 Å². The first-order chi connectivity index (χ1) is 11.1. The molecule has 0 bridgehead atoms. The zero-order chi connectivity index (χ0) is 16.2. The summed E-state index contributed by atoms with van der Waals surface area (Å²) in [6, 6.07) is 11.3. The minimum atomic E-state index is 0.105. The Bertz CT molecular complexity index is 680. The van der Waals surface area contributed by atoms with Gasteiger partial charge in [0, 0.05) is 32.4 Å². The molecule has 5 heteroatoms. The molecule has 1 N–H and O–H groups in total. The number of amides is 1. The Morgan fingerprint density at radius 1 is 1.17 bits per heavy atom. The van der Waals surface area contributed by atoms with E-state index in [-0.39, 0.29) is 11.7 Å². The number of hydrogen-bond acceptors (Lipinski definition) is 4. The Morgan fingerprint density at radius 3 is 2.61 bits per heavy atom. The van der Waals surface area contributed by atoms with E-state index in [1.54, 1.807) is 12.3 Å². The smallest absolute Gasteiger partial charge is 0.227 e. The zero-order valence-electron chi connectivity index (χ0n) is 13.3. The van der Waals surface area contributed by atoms with Crippen molar-refractivity contribution in [2.45, 2.75) is 13.3 Å². The number of nitrogens with zero attached hydrogens (tertiary/aromatic N) is 3. The molecule has 2 aromatic rings. The maximum Gasteiger partial charge on any atom is 0.227 e. The second-order valence-corrected chi connectivity index (χ2v) is 5.85. The predicted octanol–water partition coefficient (Wildman–Crippen LogP) is 1.99. The average molecular weight is 311 g/mol. The van der Waals surface area contributed by atoms with Gasteiger partial charge in [0.05, 0.1) is 6.42 Å². The van der Waals surface area contributed by atoms with Crippen molar-refractivity contribution in [1.29, 1.82) is 0 Å². The highest BCUT2D eigenvalue weighted by molar-refractivity contribution is 5.79. The third-order valence-corrected chi connectivity index (χ3v) is 4.23. The van der Waals surface area contributed by atoms with Gasteiger partial charge in [0.1, 0.15) is 11.6 Å². The highest BCUT2D eigenvalue weighted by Crippen LogP contribution is 2.19. The van der Waals surface area contributed by atoms with Crippen molar-refractivity contribution >= 4 is 11.7 Å². The monoisotopic (exact) mass is 311 g/mol. The van der Waals surface area contributed by atoms with E-state index in [9.17, 15) is 9.90 Å². The summed E-state index contributed by atoms with van der Waals surface area (Å²) >= 11 is 0. The van der Waals surface area contributed by atoms with Crippen molar-refractivity contribution in [3.63, 3.8) is 0 Å². The van der Waals surface area contributed by atoms with Crippen molar-refractivity contribution in [2.24, 2.45) is 0 Å². The van der Waals surface area contributed by atoms with Crippen molar-refractivity contribution in [3.8, 4) is 5.75 Å². The third kappa shape index (κ3) is 3.62. The lowest BCUT2D eigenvalue weighted by molar-refractivity contribution is -0.130. The van der Waals surface area contributed by atoms with Gasteiger partial charge in [0.15, 0.2) is 0 Å². The number of benzene rings is 1. The van der Waals surface area contributed by atoms with E-state index in [0.29, 0.717) is 19.5 Å². The Hall–Kier alpha value is -2.56. The molecule has 0 atom stereocenters. The molecule has 3 rings (SSSR count). The maximum absolute atomic E-state index is 12.4. The summed E-state index contributed by atoms with van der Waals surface area (Å²) < 4.78 is 0. The Morgan fingerprint density at radius 2 is 1.96 bits per heavy atom. The molecule has 1 saturated heterocycles. The van der Waals surface area contributed by atoms with E-state index in [1.165, 1.54) is 0 Å². The number of rotatable bonds is 3. The van der Waals surface area contributed by atoms with E-state index < -0.39 is 0 Å². The van der Waals surface area contributed by atoms with Gasteiger partial charge in [-0.05, 0) is 36.2 Å². The number of pyridine rings is 1. The summed E-state index contributed by atoms with van der Waals surface area (Å²) in [6.07, 6.45) is 2.12. The molecule has 0 aliphatic carbocycles. The predicted molar refractivity (Wildman–Crippen MR) is 89.6 cm³/mol. The summed E-state index contributed by atoms with van der Waals surface area (Å²) in [5.41, 5.74) is 1.68. The summed E-state index contributed by atoms with van der Waals surface area (Å²) in [5, 5.41) is 9.75. The van der Waals surface area contributed by atoms with Crippen LogP contribution in [0.25, 0.3) is 0 Å². The minimum absolute atomic E-state index is 0.105. The van der Waals surface area contributed by atoms with Crippen LogP contribution in [0.3, 0.4) is 0 Å². The number of phenols is 1. The normalized spacial score (nSPS) is 14.8. The van der Waals surface area contributed by atoms with E-state index in [4.69, 9.17) is 0 Å². The van der Waals surface area contributed by atoms with Crippen LogP contribution in [0.2, 0.25) is 0 Å². The molecule has 23 heavy (non-hydrogen) atoms. The van der Waals surface area contributed by atoms with Crippen molar-refractivity contribution in [3.05, 3.63) is 53.7 Å². The summed E-state index contributed by atoms with van der Waals surface area (Å²) in [5.74, 6) is 1.31. The van der Waals surface area contributed by atoms with Crippen LogP contribution in [-0.4, -0.2) is 47.1 Å². The Kier molecular flexibility index (Phi) is 4.46. The van der Waals surface area contributed by atoms with Crippen molar-refractivity contribution in [2.75, 3.05) is 31.1 Å². The minimum Gasteiger partial charge on any atom is -0.508 e. The van der Waals surface area contributed by atoms with Gasteiger partial charge in [-0.3, -0.25) is 4.79 Å². The number of piperazine rings is 1. The molecule has 120 valence electrons. The van der Waals surface area contributed by atoms with Crippen LogP contribution in [0.1, 0.15) is 11.1 Å². The van der Waals surface area contributed by atoms with Crippen LogP contribution >= 0.6 is 0 Å². The lowest BCUT2D eigenvalue weighted by Gasteiger charge is -2.35. The molecule has 1 amide bonds. The molecule has 0 radical (unpaired) electrons. The molecule has 0 spiro atoms. The van der Waals surface area contributed by atoms with Gasteiger partial charge in [0.25, 0.3) is 0 Å². The SMILES string of the molecule is Cc1ccc(CC(=O)N2CCN(c3ccccn3)CC2)cc1O. The molecular weight excluding hydrogens is 290 g/mol. The van der Waals surface area contributed by atoms with Gasteiger partial charge in [0.2, 0.25) is 5.91 Å². The number of aromatic hydroxyl groups is 1. The highest BCUT2D eigenvalue weighted by Gasteiger charge is 2.21. The van der Waals surface area contributed by atoms with Crippen LogP contribution in [0.4, 0.5) is 5.82 Å². The third-order valence-electron chi connectivity index (χ3n) is 4.23. The fourth-order valence-electron chi connectivity index (χ4n) is 2.78. The molecule has 1 aliphatic heterocycles. The maximum atomic E-state index is 12.4. The van der Waals surface area contributed by atoms with Crippen LogP contribution in [0, 0.1) is 6.92 Å². The lowest BCUT2D eigenvalue weighted by atomic mass is 10.1. The molecule has 1 fully saturated rings. The van der Waals surface area contributed by atoms with Gasteiger partial charge >= 0.3 is 0 Å². The van der Waals surface area contributed by atoms with Gasteiger partial charge in [-0.1, -0.05) is 18.2 Å². The average Bonchev–Trinajstić information content (AvgIpc) is 2.59. The molecule has 5 nitrogen and oxygen atoms in total. The fourth-order valence-corrected chi connectivity index (χ4v) is 2.78. The second kappa shape index (κ2) is 6.69. The molecule has 1 aromatic carbocycles. The first-order valence-corrected chi connectivity index (χ1v) is 7.86. The van der Waals surface area contributed by atoms with Gasteiger partial charge < -0.3 is 14.9 Å². The standard InChI is InChI=1S/C18H21N3O2/c1-14-5-6-15(12-16(14)22)13-18(23)21-10-8-20(9-11-21)17-4-2-3-7-19-17/h2-7,12,22H,8-11,13H2,1H3. The van der Waals surface area contributed by atoms with Gasteiger partial charge in [-0.25, -0.2) is 4.98 Å². The zero-order valence-corrected chi connectivity index (χ0v) is 13.3. The lowest BCUT2D eigenvalue weighted by Crippen LogP contribution is -2.49. The quantitative estimate of drug-likeness (QED) is 0.942. The number of phenolic OH excluding ortho intramolecular Hbond substituents is 1. The summed E-state index contributed by atoms with van der Waals surface area (Å²) in [6.45, 7) is 4.84. The number of carbonyl (C=O) groups is 1. The number of aromatic nitrogens is 1. The van der Waals surface area contributed by atoms with E-state index >= 15 is 0 Å². The molecule has 1 aromatic heterocycles. The second-order valence-electron chi connectivity index (χ2n) is 5.85. The first kappa shape index (κ1) is 15.3. The van der Waals surface area contributed by atoms with Crippen LogP contribution < -0.4 is 4.90 Å². The van der Waals surface area contributed by atoms with Gasteiger partial charge in [-0.2, -0.15) is 0 Å². The topological polar surface area (TPSA) is 56.7 Å².